The maximum Gasteiger partial charge on any atom is 0.118 e. The van der Waals surface area contributed by atoms with Crippen molar-refractivity contribution in [2.75, 3.05) is 0 Å². The molecular formula is C8H12N2O. The summed E-state index contributed by atoms with van der Waals surface area (Å²) in [7, 11) is 1.86. The third kappa shape index (κ3) is 1.68. The van der Waals surface area contributed by atoms with Gasteiger partial charge >= 0.3 is 0 Å². The van der Waals surface area contributed by atoms with Crippen molar-refractivity contribution >= 4 is 0 Å². The van der Waals surface area contributed by atoms with Gasteiger partial charge in [-0.15, -0.1) is 0 Å². The number of rotatable bonds is 2. The summed E-state index contributed by atoms with van der Waals surface area (Å²) in [6.45, 7) is 5.42. The number of aromatic nitrogens is 2. The second-order valence-corrected chi connectivity index (χ2v) is 2.71. The number of hydrogen-bond donors (Lipinski definition) is 1. The van der Waals surface area contributed by atoms with Crippen molar-refractivity contribution in [1.29, 1.82) is 0 Å². The fraction of sp³-hybridized carbons (Fsp3) is 0.375. The molecule has 0 aromatic carbocycles. The fourth-order valence-electron chi connectivity index (χ4n) is 0.827. The molecule has 3 heteroatoms. The van der Waals surface area contributed by atoms with E-state index in [1.807, 2.05) is 7.05 Å². The van der Waals surface area contributed by atoms with Gasteiger partial charge in [0.15, 0.2) is 0 Å². The van der Waals surface area contributed by atoms with Crippen molar-refractivity contribution in [2.45, 2.75) is 13.0 Å². The first-order valence-electron chi connectivity index (χ1n) is 3.42. The molecule has 0 aliphatic rings. The molecule has 60 valence electrons. The summed E-state index contributed by atoms with van der Waals surface area (Å²) < 4.78 is 1.79. The predicted octanol–water partition coefficient (Wildman–Crippen LogP) is 1.03. The lowest BCUT2D eigenvalue weighted by Crippen LogP contribution is -1.97. The van der Waals surface area contributed by atoms with Crippen molar-refractivity contribution in [2.24, 2.45) is 7.05 Å². The third-order valence-corrected chi connectivity index (χ3v) is 1.47. The molecule has 1 aromatic rings. The topological polar surface area (TPSA) is 38.0 Å². The zero-order valence-corrected chi connectivity index (χ0v) is 6.78. The van der Waals surface area contributed by atoms with Crippen molar-refractivity contribution < 1.29 is 5.11 Å². The Labute approximate surface area is 66.0 Å². The van der Waals surface area contributed by atoms with E-state index in [0.29, 0.717) is 11.3 Å². The smallest absolute Gasteiger partial charge is 0.118 e. The molecular weight excluding hydrogens is 140 g/mol. The van der Waals surface area contributed by atoms with Gasteiger partial charge in [0.05, 0.1) is 12.0 Å². The van der Waals surface area contributed by atoms with E-state index in [-0.39, 0.29) is 0 Å². The summed E-state index contributed by atoms with van der Waals surface area (Å²) >= 11 is 0. The summed E-state index contributed by atoms with van der Waals surface area (Å²) in [5.41, 5.74) is 1.36. The molecule has 1 aromatic heterocycles. The molecule has 1 rings (SSSR count). The first kappa shape index (κ1) is 8.01. The van der Waals surface area contributed by atoms with Gasteiger partial charge in [0.1, 0.15) is 6.10 Å². The number of aliphatic hydroxyl groups excluding tert-OH is 1. The molecule has 0 amide bonds. The molecule has 3 nitrogen and oxygen atoms in total. The highest BCUT2D eigenvalue weighted by molar-refractivity contribution is 5.12. The first-order valence-corrected chi connectivity index (χ1v) is 3.42. The molecule has 0 spiro atoms. The lowest BCUT2D eigenvalue weighted by atomic mass is 10.1. The van der Waals surface area contributed by atoms with E-state index in [0.717, 1.165) is 0 Å². The van der Waals surface area contributed by atoms with E-state index in [1.54, 1.807) is 24.0 Å². The van der Waals surface area contributed by atoms with Crippen LogP contribution in [-0.4, -0.2) is 14.7 Å². The molecule has 0 saturated heterocycles. The molecule has 0 aliphatic heterocycles. The van der Waals surface area contributed by atoms with E-state index in [2.05, 4.69) is 11.6 Å². The van der Waals surface area contributed by atoms with Crippen molar-refractivity contribution in [1.82, 2.24) is 9.55 Å². The van der Waals surface area contributed by atoms with Crippen LogP contribution in [0.3, 0.4) is 0 Å². The standard InChI is InChI=1S/C8H12N2O/c1-6(2)8(11)7-4-10(3)5-9-7/h4-5,8,11H,1H2,2-3H3. The van der Waals surface area contributed by atoms with Gasteiger partial charge in [0.2, 0.25) is 0 Å². The van der Waals surface area contributed by atoms with Crippen molar-refractivity contribution in [3.8, 4) is 0 Å². The van der Waals surface area contributed by atoms with Crippen LogP contribution in [0.15, 0.2) is 24.7 Å². The van der Waals surface area contributed by atoms with Crippen molar-refractivity contribution in [3.63, 3.8) is 0 Å². The Balaban J connectivity index is 2.84. The van der Waals surface area contributed by atoms with Gasteiger partial charge in [0.25, 0.3) is 0 Å². The van der Waals surface area contributed by atoms with Gasteiger partial charge in [-0.3, -0.25) is 0 Å². The van der Waals surface area contributed by atoms with Gasteiger partial charge < -0.3 is 9.67 Å². The lowest BCUT2D eigenvalue weighted by molar-refractivity contribution is 0.212. The molecule has 0 radical (unpaired) electrons. The Morgan fingerprint density at radius 3 is 2.82 bits per heavy atom. The van der Waals surface area contributed by atoms with Crippen molar-refractivity contribution in [3.05, 3.63) is 30.4 Å². The predicted molar refractivity (Wildman–Crippen MR) is 43.0 cm³/mol. The van der Waals surface area contributed by atoms with Gasteiger partial charge in [-0.2, -0.15) is 0 Å². The Morgan fingerprint density at radius 1 is 1.82 bits per heavy atom. The Kier molecular flexibility index (Phi) is 2.10. The zero-order chi connectivity index (χ0) is 8.43. The summed E-state index contributed by atoms with van der Waals surface area (Å²) in [5, 5.41) is 9.44. The number of aliphatic hydroxyl groups is 1. The summed E-state index contributed by atoms with van der Waals surface area (Å²) in [6.07, 6.45) is 2.80. The molecule has 1 N–H and O–H groups in total. The molecule has 0 saturated carbocycles. The highest BCUT2D eigenvalue weighted by Gasteiger charge is 2.09. The minimum Gasteiger partial charge on any atom is -0.382 e. The van der Waals surface area contributed by atoms with Crippen LogP contribution in [-0.2, 0) is 7.05 Å². The van der Waals surface area contributed by atoms with Crippen LogP contribution >= 0.6 is 0 Å². The third-order valence-electron chi connectivity index (χ3n) is 1.47. The fourth-order valence-corrected chi connectivity index (χ4v) is 0.827. The van der Waals surface area contributed by atoms with E-state index >= 15 is 0 Å². The number of nitrogens with zero attached hydrogens (tertiary/aromatic N) is 2. The molecule has 1 atom stereocenters. The van der Waals surface area contributed by atoms with Crippen LogP contribution in [0.25, 0.3) is 0 Å². The van der Waals surface area contributed by atoms with Crippen LogP contribution in [0.5, 0.6) is 0 Å². The Bertz CT molecular complexity index is 265. The van der Waals surface area contributed by atoms with Crippen LogP contribution < -0.4 is 0 Å². The largest absolute Gasteiger partial charge is 0.382 e. The second-order valence-electron chi connectivity index (χ2n) is 2.71. The highest BCUT2D eigenvalue weighted by atomic mass is 16.3. The number of aryl methyl sites for hydroxylation is 1. The molecule has 0 bridgehead atoms. The second kappa shape index (κ2) is 2.88. The maximum absolute atomic E-state index is 9.44. The average molecular weight is 152 g/mol. The molecule has 0 aliphatic carbocycles. The summed E-state index contributed by atoms with van der Waals surface area (Å²) in [6, 6.07) is 0. The average Bonchev–Trinajstić information content (AvgIpc) is 2.34. The van der Waals surface area contributed by atoms with Crippen LogP contribution in [0, 0.1) is 0 Å². The summed E-state index contributed by atoms with van der Waals surface area (Å²) in [4.78, 5) is 3.99. The van der Waals surface area contributed by atoms with Gasteiger partial charge in [-0.05, 0) is 12.5 Å². The van der Waals surface area contributed by atoms with Gasteiger partial charge in [-0.1, -0.05) is 6.58 Å². The Hall–Kier alpha value is -1.09. The van der Waals surface area contributed by atoms with E-state index in [1.165, 1.54) is 0 Å². The molecule has 11 heavy (non-hydrogen) atoms. The number of imidazole rings is 1. The molecule has 1 unspecified atom stereocenters. The zero-order valence-electron chi connectivity index (χ0n) is 6.78. The minimum absolute atomic E-state index is 0.629. The minimum atomic E-state index is -0.629. The van der Waals surface area contributed by atoms with E-state index in [4.69, 9.17) is 0 Å². The van der Waals surface area contributed by atoms with Gasteiger partial charge in [0, 0.05) is 13.2 Å². The Morgan fingerprint density at radius 2 is 2.45 bits per heavy atom. The van der Waals surface area contributed by atoms with Gasteiger partial charge in [-0.25, -0.2) is 4.98 Å². The van der Waals surface area contributed by atoms with Crippen LogP contribution in [0.2, 0.25) is 0 Å². The van der Waals surface area contributed by atoms with E-state index in [9.17, 15) is 5.11 Å². The monoisotopic (exact) mass is 152 g/mol. The van der Waals surface area contributed by atoms with Crippen LogP contribution in [0.4, 0.5) is 0 Å². The first-order chi connectivity index (χ1) is 5.11. The lowest BCUT2D eigenvalue weighted by Gasteiger charge is -2.04. The number of hydrogen-bond acceptors (Lipinski definition) is 2. The molecule has 0 fully saturated rings. The maximum atomic E-state index is 9.44. The summed E-state index contributed by atoms with van der Waals surface area (Å²) in [5.74, 6) is 0. The van der Waals surface area contributed by atoms with E-state index < -0.39 is 6.10 Å². The normalized spacial score (nSPS) is 13.0. The quantitative estimate of drug-likeness (QED) is 0.643. The highest BCUT2D eigenvalue weighted by Crippen LogP contribution is 2.16. The van der Waals surface area contributed by atoms with Crippen LogP contribution in [0.1, 0.15) is 18.7 Å². The molecule has 1 heterocycles. The SMILES string of the molecule is C=C(C)C(O)c1cn(C)cn1.